The van der Waals surface area contributed by atoms with Crippen molar-refractivity contribution in [2.45, 2.75) is 45.1 Å². The summed E-state index contributed by atoms with van der Waals surface area (Å²) < 4.78 is 5.92. The molecule has 1 unspecified atom stereocenters. The molecular weight excluding hydrogens is 264 g/mol. The Bertz CT molecular complexity index is 475. The zero-order chi connectivity index (χ0) is 14.7. The number of nitrogens with one attached hydrogen (secondary N) is 1. The van der Waals surface area contributed by atoms with Crippen molar-refractivity contribution in [3.05, 3.63) is 17.6 Å². The van der Waals surface area contributed by atoms with Crippen LogP contribution in [0.3, 0.4) is 0 Å². The Morgan fingerprint density at radius 2 is 2.19 bits per heavy atom. The summed E-state index contributed by atoms with van der Waals surface area (Å²) in [7, 11) is 0. The molecule has 2 heterocycles. The number of hydrogen-bond donors (Lipinski definition) is 1. The van der Waals surface area contributed by atoms with Crippen LogP contribution in [-0.4, -0.2) is 47.7 Å². The van der Waals surface area contributed by atoms with E-state index >= 15 is 0 Å². The Balaban J connectivity index is 1.80. The lowest BCUT2D eigenvalue weighted by molar-refractivity contribution is -0.0326. The molecule has 1 saturated heterocycles. The monoisotopic (exact) mass is 290 g/mol. The third kappa shape index (κ3) is 3.71. The van der Waals surface area contributed by atoms with Gasteiger partial charge in [-0.3, -0.25) is 4.90 Å². The molecule has 1 aromatic rings. The van der Waals surface area contributed by atoms with Crippen LogP contribution in [0.1, 0.15) is 56.7 Å². The normalized spacial score (nSPS) is 23.2. The van der Waals surface area contributed by atoms with Crippen molar-refractivity contribution < 1.29 is 4.74 Å². The van der Waals surface area contributed by atoms with Crippen LogP contribution in [-0.2, 0) is 4.74 Å². The van der Waals surface area contributed by atoms with Gasteiger partial charge < -0.3 is 10.1 Å². The Hall–Kier alpha value is -1.20. The predicted molar refractivity (Wildman–Crippen MR) is 83.6 cm³/mol. The van der Waals surface area contributed by atoms with Crippen LogP contribution in [0, 0.1) is 0 Å². The van der Waals surface area contributed by atoms with Gasteiger partial charge in [-0.05, 0) is 25.8 Å². The molecule has 1 saturated carbocycles. The van der Waals surface area contributed by atoms with E-state index in [4.69, 9.17) is 14.7 Å². The topological polar surface area (TPSA) is 50.3 Å². The summed E-state index contributed by atoms with van der Waals surface area (Å²) in [6.07, 6.45) is 3.63. The van der Waals surface area contributed by atoms with Gasteiger partial charge in [-0.1, -0.05) is 13.8 Å². The maximum absolute atomic E-state index is 5.92. The summed E-state index contributed by atoms with van der Waals surface area (Å²) in [4.78, 5) is 11.9. The van der Waals surface area contributed by atoms with E-state index in [2.05, 4.69) is 30.1 Å². The molecule has 3 rings (SSSR count). The molecule has 0 radical (unpaired) electrons. The molecule has 1 aromatic heterocycles. The van der Waals surface area contributed by atoms with Crippen LogP contribution >= 0.6 is 0 Å². The highest BCUT2D eigenvalue weighted by Gasteiger charge is 2.29. The smallest absolute Gasteiger partial charge is 0.161 e. The van der Waals surface area contributed by atoms with Crippen molar-refractivity contribution in [2.75, 3.05) is 38.1 Å². The van der Waals surface area contributed by atoms with Gasteiger partial charge in [-0.15, -0.1) is 0 Å². The van der Waals surface area contributed by atoms with E-state index in [-0.39, 0.29) is 6.10 Å². The van der Waals surface area contributed by atoms with E-state index in [0.29, 0.717) is 5.92 Å². The fraction of sp³-hybridized carbons (Fsp3) is 0.750. The lowest BCUT2D eigenvalue weighted by Crippen LogP contribution is -2.38. The van der Waals surface area contributed by atoms with Gasteiger partial charge in [-0.2, -0.15) is 0 Å². The average molecular weight is 290 g/mol. The number of ether oxygens (including phenoxy) is 1. The highest BCUT2D eigenvalue weighted by Crippen LogP contribution is 2.40. The van der Waals surface area contributed by atoms with Crippen LogP contribution in [0.15, 0.2) is 6.07 Å². The second-order valence-corrected chi connectivity index (χ2v) is 5.99. The van der Waals surface area contributed by atoms with E-state index in [1.165, 1.54) is 18.5 Å². The zero-order valence-electron chi connectivity index (χ0n) is 13.1. The molecule has 1 N–H and O–H groups in total. The number of aromatic nitrogens is 2. The van der Waals surface area contributed by atoms with Gasteiger partial charge in [0.15, 0.2) is 5.82 Å². The Labute approximate surface area is 127 Å². The van der Waals surface area contributed by atoms with Gasteiger partial charge in [0.2, 0.25) is 0 Å². The van der Waals surface area contributed by atoms with Crippen molar-refractivity contribution in [3.63, 3.8) is 0 Å². The molecule has 0 spiro atoms. The lowest BCUT2D eigenvalue weighted by Gasteiger charge is -2.31. The summed E-state index contributed by atoms with van der Waals surface area (Å²) >= 11 is 0. The summed E-state index contributed by atoms with van der Waals surface area (Å²) in [6, 6.07) is 2.12. The van der Waals surface area contributed by atoms with Gasteiger partial charge in [0.1, 0.15) is 11.9 Å². The van der Waals surface area contributed by atoms with Crippen molar-refractivity contribution in [1.29, 1.82) is 0 Å². The SMILES string of the molecule is CCCNc1cc(C2CC2)nc(C2CN(CC)CCO2)n1. The van der Waals surface area contributed by atoms with Crippen LogP contribution < -0.4 is 5.32 Å². The first-order chi connectivity index (χ1) is 10.3. The van der Waals surface area contributed by atoms with Gasteiger partial charge in [0.25, 0.3) is 0 Å². The van der Waals surface area contributed by atoms with E-state index in [1.54, 1.807) is 0 Å². The minimum atomic E-state index is 0.0135. The summed E-state index contributed by atoms with van der Waals surface area (Å²) in [5.41, 5.74) is 1.19. The molecule has 5 heteroatoms. The zero-order valence-corrected chi connectivity index (χ0v) is 13.1. The van der Waals surface area contributed by atoms with Crippen molar-refractivity contribution >= 4 is 5.82 Å². The second-order valence-electron chi connectivity index (χ2n) is 5.99. The molecule has 2 fully saturated rings. The Morgan fingerprint density at radius 1 is 1.33 bits per heavy atom. The summed E-state index contributed by atoms with van der Waals surface area (Å²) in [5.74, 6) is 2.46. The maximum atomic E-state index is 5.92. The number of hydrogen-bond acceptors (Lipinski definition) is 5. The van der Waals surface area contributed by atoms with Crippen LogP contribution in [0.4, 0.5) is 5.82 Å². The van der Waals surface area contributed by atoms with E-state index in [1.807, 2.05) is 0 Å². The molecule has 2 aliphatic rings. The number of anilines is 1. The quantitative estimate of drug-likeness (QED) is 0.872. The largest absolute Gasteiger partial charge is 0.370 e. The van der Waals surface area contributed by atoms with Gasteiger partial charge in [0, 0.05) is 37.3 Å². The molecule has 1 aliphatic heterocycles. The van der Waals surface area contributed by atoms with E-state index in [0.717, 1.165) is 50.8 Å². The van der Waals surface area contributed by atoms with Gasteiger partial charge in [-0.25, -0.2) is 9.97 Å². The molecule has 1 aliphatic carbocycles. The van der Waals surface area contributed by atoms with E-state index < -0.39 is 0 Å². The predicted octanol–water partition coefficient (Wildman–Crippen LogP) is 2.57. The first kappa shape index (κ1) is 14.7. The molecule has 116 valence electrons. The van der Waals surface area contributed by atoms with E-state index in [9.17, 15) is 0 Å². The average Bonchev–Trinajstić information content (AvgIpc) is 3.37. The van der Waals surface area contributed by atoms with Crippen LogP contribution in [0.2, 0.25) is 0 Å². The number of nitrogens with zero attached hydrogens (tertiary/aromatic N) is 3. The maximum Gasteiger partial charge on any atom is 0.161 e. The number of rotatable bonds is 6. The fourth-order valence-corrected chi connectivity index (χ4v) is 2.71. The molecule has 0 bridgehead atoms. The van der Waals surface area contributed by atoms with Crippen molar-refractivity contribution in [1.82, 2.24) is 14.9 Å². The minimum Gasteiger partial charge on any atom is -0.370 e. The standard InChI is InChI=1S/C16H26N4O/c1-3-7-17-15-10-13(12-5-6-12)18-16(19-15)14-11-20(4-2)8-9-21-14/h10,12,14H,3-9,11H2,1-2H3,(H,17,18,19). The fourth-order valence-electron chi connectivity index (χ4n) is 2.71. The summed E-state index contributed by atoms with van der Waals surface area (Å²) in [5, 5.41) is 3.40. The first-order valence-corrected chi connectivity index (χ1v) is 8.26. The lowest BCUT2D eigenvalue weighted by atomic mass is 10.2. The second kappa shape index (κ2) is 6.71. The molecule has 0 aromatic carbocycles. The molecule has 5 nitrogen and oxygen atoms in total. The first-order valence-electron chi connectivity index (χ1n) is 8.26. The molecule has 1 atom stereocenters. The highest BCUT2D eigenvalue weighted by atomic mass is 16.5. The molecule has 0 amide bonds. The number of morpholine rings is 1. The van der Waals surface area contributed by atoms with Gasteiger partial charge >= 0.3 is 0 Å². The number of likely N-dealkylation sites (N-methyl/N-ethyl adjacent to an activating group) is 1. The third-order valence-corrected chi connectivity index (χ3v) is 4.20. The van der Waals surface area contributed by atoms with Crippen molar-refractivity contribution in [3.8, 4) is 0 Å². The van der Waals surface area contributed by atoms with Crippen molar-refractivity contribution in [2.24, 2.45) is 0 Å². The highest BCUT2D eigenvalue weighted by molar-refractivity contribution is 5.38. The molecular formula is C16H26N4O. The third-order valence-electron chi connectivity index (χ3n) is 4.20. The Morgan fingerprint density at radius 3 is 2.90 bits per heavy atom. The van der Waals surface area contributed by atoms with Gasteiger partial charge in [0.05, 0.1) is 6.61 Å². The Kier molecular flexibility index (Phi) is 4.70. The van der Waals surface area contributed by atoms with Crippen LogP contribution in [0.25, 0.3) is 0 Å². The molecule has 21 heavy (non-hydrogen) atoms. The minimum absolute atomic E-state index is 0.0135. The summed E-state index contributed by atoms with van der Waals surface area (Å²) in [6.45, 7) is 9.05. The van der Waals surface area contributed by atoms with Crippen LogP contribution in [0.5, 0.6) is 0 Å².